The molecule has 2 rings (SSSR count). The summed E-state index contributed by atoms with van der Waals surface area (Å²) in [5.74, 6) is -0.195. The van der Waals surface area contributed by atoms with Gasteiger partial charge in [0.05, 0.1) is 24.9 Å². The van der Waals surface area contributed by atoms with Crippen molar-refractivity contribution < 1.29 is 24.2 Å². The molecule has 0 aliphatic rings. The molecule has 1 atom stereocenters. The van der Waals surface area contributed by atoms with Gasteiger partial charge in [-0.2, -0.15) is 0 Å². The van der Waals surface area contributed by atoms with Gasteiger partial charge in [0.15, 0.2) is 6.10 Å². The van der Waals surface area contributed by atoms with Crippen LogP contribution in [-0.2, 0) is 16.1 Å². The second kappa shape index (κ2) is 7.96. The summed E-state index contributed by atoms with van der Waals surface area (Å²) < 4.78 is 10.1. The molecule has 2 N–H and O–H groups in total. The molecule has 0 aliphatic heterocycles. The number of hydrogen-bond acceptors (Lipinski definition) is 6. The maximum atomic E-state index is 12.1. The third kappa shape index (κ3) is 4.70. The van der Waals surface area contributed by atoms with Gasteiger partial charge in [0.2, 0.25) is 0 Å². The molecule has 24 heavy (non-hydrogen) atoms. The highest BCUT2D eigenvalue weighted by Gasteiger charge is 2.15. The van der Waals surface area contributed by atoms with E-state index >= 15 is 0 Å². The van der Waals surface area contributed by atoms with Gasteiger partial charge in [-0.3, -0.25) is 9.78 Å². The molecule has 1 aromatic heterocycles. The van der Waals surface area contributed by atoms with Crippen molar-refractivity contribution in [3.63, 3.8) is 0 Å². The number of pyridine rings is 1. The Morgan fingerprint density at radius 3 is 2.62 bits per heavy atom. The van der Waals surface area contributed by atoms with E-state index in [1.54, 1.807) is 25.1 Å². The van der Waals surface area contributed by atoms with Crippen LogP contribution >= 0.6 is 0 Å². The number of ether oxygens (including phenoxy) is 2. The third-order valence-corrected chi connectivity index (χ3v) is 3.20. The molecular formula is C17H18N2O5. The molecule has 0 spiro atoms. The Morgan fingerprint density at radius 1 is 1.25 bits per heavy atom. The summed E-state index contributed by atoms with van der Waals surface area (Å²) in [5, 5.41) is 11.9. The minimum absolute atomic E-state index is 0.121. The van der Waals surface area contributed by atoms with Crippen LogP contribution in [0.3, 0.4) is 0 Å². The van der Waals surface area contributed by atoms with Gasteiger partial charge >= 0.3 is 5.97 Å². The van der Waals surface area contributed by atoms with Gasteiger partial charge in [0.1, 0.15) is 11.5 Å². The Labute approximate surface area is 139 Å². The van der Waals surface area contributed by atoms with Crippen molar-refractivity contribution in [3.8, 4) is 11.5 Å². The van der Waals surface area contributed by atoms with E-state index in [2.05, 4.69) is 15.0 Å². The summed E-state index contributed by atoms with van der Waals surface area (Å²) in [7, 11) is 1.30. The number of phenols is 1. The van der Waals surface area contributed by atoms with Crippen LogP contribution < -0.4 is 10.1 Å². The number of aromatic hydroxyl groups is 1. The minimum Gasteiger partial charge on any atom is -0.508 e. The van der Waals surface area contributed by atoms with E-state index < -0.39 is 12.1 Å². The summed E-state index contributed by atoms with van der Waals surface area (Å²) in [6, 6.07) is 9.18. The molecule has 0 radical (unpaired) electrons. The fraction of sp³-hybridized carbons (Fsp3) is 0.235. The van der Waals surface area contributed by atoms with Crippen LogP contribution in [0.2, 0.25) is 0 Å². The van der Waals surface area contributed by atoms with Crippen LogP contribution in [-0.4, -0.2) is 35.2 Å². The molecule has 0 bridgehead atoms. The van der Waals surface area contributed by atoms with E-state index in [4.69, 9.17) is 4.74 Å². The Morgan fingerprint density at radius 2 is 1.96 bits per heavy atom. The summed E-state index contributed by atoms with van der Waals surface area (Å²) in [6.45, 7) is 1.77. The molecule has 0 aliphatic carbocycles. The molecule has 0 saturated heterocycles. The number of benzene rings is 1. The average Bonchev–Trinajstić information content (AvgIpc) is 2.61. The fourth-order valence-corrected chi connectivity index (χ4v) is 1.92. The van der Waals surface area contributed by atoms with E-state index in [0.717, 1.165) is 0 Å². The van der Waals surface area contributed by atoms with Crippen molar-refractivity contribution >= 4 is 11.9 Å². The molecule has 0 saturated carbocycles. The molecule has 0 fully saturated rings. The van der Waals surface area contributed by atoms with Gasteiger partial charge in [-0.25, -0.2) is 4.79 Å². The topological polar surface area (TPSA) is 97.8 Å². The second-order valence-electron chi connectivity index (χ2n) is 5.00. The fourth-order valence-electron chi connectivity index (χ4n) is 1.92. The Bertz CT molecular complexity index is 715. The minimum atomic E-state index is -0.724. The largest absolute Gasteiger partial charge is 0.508 e. The summed E-state index contributed by atoms with van der Waals surface area (Å²) in [6.07, 6.45) is 0.753. The van der Waals surface area contributed by atoms with Crippen molar-refractivity contribution in [1.29, 1.82) is 0 Å². The standard InChI is InChI=1S/C17H18N2O5/c1-11(24-15-5-3-14(20)4-6-15)16(21)19-10-13-9-12(7-8-18-13)17(22)23-2/h3-9,11,20H,10H2,1-2H3,(H,19,21). The number of nitrogens with one attached hydrogen (secondary N) is 1. The first-order valence-corrected chi connectivity index (χ1v) is 7.26. The van der Waals surface area contributed by atoms with Crippen LogP contribution in [0.5, 0.6) is 11.5 Å². The SMILES string of the molecule is COC(=O)c1ccnc(CNC(=O)C(C)Oc2ccc(O)cc2)c1. The third-order valence-electron chi connectivity index (χ3n) is 3.20. The number of aromatic nitrogens is 1. The average molecular weight is 330 g/mol. The zero-order chi connectivity index (χ0) is 17.5. The van der Waals surface area contributed by atoms with E-state index in [-0.39, 0.29) is 18.2 Å². The molecule has 1 aromatic carbocycles. The van der Waals surface area contributed by atoms with E-state index in [1.165, 1.54) is 31.5 Å². The molecule has 1 heterocycles. The predicted octanol–water partition coefficient (Wildman–Crippen LogP) is 1.66. The highest BCUT2D eigenvalue weighted by Crippen LogP contribution is 2.17. The molecule has 1 amide bonds. The maximum absolute atomic E-state index is 12.1. The lowest BCUT2D eigenvalue weighted by Crippen LogP contribution is -2.36. The first-order valence-electron chi connectivity index (χ1n) is 7.26. The maximum Gasteiger partial charge on any atom is 0.337 e. The van der Waals surface area contributed by atoms with Gasteiger partial charge in [0, 0.05) is 6.20 Å². The first-order chi connectivity index (χ1) is 11.5. The van der Waals surface area contributed by atoms with Crippen molar-refractivity contribution in [2.45, 2.75) is 19.6 Å². The van der Waals surface area contributed by atoms with E-state index in [1.807, 2.05) is 0 Å². The van der Waals surface area contributed by atoms with Gasteiger partial charge < -0.3 is 19.9 Å². The molecular weight excluding hydrogens is 312 g/mol. The van der Waals surface area contributed by atoms with Gasteiger partial charge in [-0.1, -0.05) is 0 Å². The van der Waals surface area contributed by atoms with Crippen molar-refractivity contribution in [2.24, 2.45) is 0 Å². The number of rotatable bonds is 6. The highest BCUT2D eigenvalue weighted by molar-refractivity contribution is 5.89. The number of amides is 1. The van der Waals surface area contributed by atoms with Crippen LogP contribution in [0.1, 0.15) is 23.0 Å². The lowest BCUT2D eigenvalue weighted by atomic mass is 10.2. The Kier molecular flexibility index (Phi) is 5.73. The van der Waals surface area contributed by atoms with Crippen molar-refractivity contribution in [3.05, 3.63) is 53.9 Å². The second-order valence-corrected chi connectivity index (χ2v) is 5.00. The van der Waals surface area contributed by atoms with Crippen molar-refractivity contribution in [1.82, 2.24) is 10.3 Å². The summed E-state index contributed by atoms with van der Waals surface area (Å²) in [4.78, 5) is 27.6. The first kappa shape index (κ1) is 17.3. The Balaban J connectivity index is 1.90. The number of methoxy groups -OCH3 is 1. The summed E-state index contributed by atoms with van der Waals surface area (Å²) in [5.41, 5.74) is 0.897. The summed E-state index contributed by atoms with van der Waals surface area (Å²) >= 11 is 0. The Hall–Kier alpha value is -3.09. The molecule has 1 unspecified atom stereocenters. The van der Waals surface area contributed by atoms with Crippen LogP contribution in [0, 0.1) is 0 Å². The number of carbonyl (C=O) groups is 2. The highest BCUT2D eigenvalue weighted by atomic mass is 16.5. The van der Waals surface area contributed by atoms with E-state index in [0.29, 0.717) is 17.0 Å². The monoisotopic (exact) mass is 330 g/mol. The predicted molar refractivity (Wildman–Crippen MR) is 85.6 cm³/mol. The van der Waals surface area contributed by atoms with Gasteiger partial charge in [0.25, 0.3) is 5.91 Å². The smallest absolute Gasteiger partial charge is 0.337 e. The van der Waals surface area contributed by atoms with Gasteiger partial charge in [-0.15, -0.1) is 0 Å². The zero-order valence-electron chi connectivity index (χ0n) is 13.4. The molecule has 7 heteroatoms. The van der Waals surface area contributed by atoms with Crippen molar-refractivity contribution in [2.75, 3.05) is 7.11 Å². The number of carbonyl (C=O) groups excluding carboxylic acids is 2. The van der Waals surface area contributed by atoms with E-state index in [9.17, 15) is 14.7 Å². The number of nitrogens with zero attached hydrogens (tertiary/aromatic N) is 1. The molecule has 7 nitrogen and oxygen atoms in total. The number of esters is 1. The van der Waals surface area contributed by atoms with Gasteiger partial charge in [-0.05, 0) is 43.3 Å². The molecule has 126 valence electrons. The van der Waals surface area contributed by atoms with Crippen LogP contribution in [0.25, 0.3) is 0 Å². The molecule has 2 aromatic rings. The lowest BCUT2D eigenvalue weighted by Gasteiger charge is -2.14. The lowest BCUT2D eigenvalue weighted by molar-refractivity contribution is -0.127. The quantitative estimate of drug-likeness (QED) is 0.782. The zero-order valence-corrected chi connectivity index (χ0v) is 13.4. The number of hydrogen-bond donors (Lipinski definition) is 2. The number of phenolic OH excluding ortho intramolecular Hbond substituents is 1. The normalized spacial score (nSPS) is 11.4. The van der Waals surface area contributed by atoms with Crippen LogP contribution in [0.15, 0.2) is 42.6 Å². The van der Waals surface area contributed by atoms with Crippen LogP contribution in [0.4, 0.5) is 0 Å².